The zero-order chi connectivity index (χ0) is 19.6. The van der Waals surface area contributed by atoms with Crippen molar-refractivity contribution in [2.45, 2.75) is 45.8 Å². The Morgan fingerprint density at radius 1 is 1.35 bits per heavy atom. The van der Waals surface area contributed by atoms with Crippen LogP contribution >= 0.6 is 27.5 Å². The molecule has 0 aliphatic carbocycles. The average Bonchev–Trinajstić information content (AvgIpc) is 3.01. The van der Waals surface area contributed by atoms with Crippen LogP contribution in [0.4, 0.5) is 4.79 Å². The molecule has 1 amide bonds. The molecule has 1 saturated heterocycles. The number of rotatable bonds is 3. The molecule has 1 aliphatic heterocycles. The Labute approximate surface area is 166 Å². The van der Waals surface area contributed by atoms with E-state index in [4.69, 9.17) is 25.8 Å². The summed E-state index contributed by atoms with van der Waals surface area (Å²) in [6.45, 7) is 8.16. The molecule has 0 aromatic heterocycles. The van der Waals surface area contributed by atoms with Gasteiger partial charge in [-0.25, -0.2) is 9.59 Å². The first-order valence-corrected chi connectivity index (χ1v) is 9.42. The highest BCUT2D eigenvalue weighted by molar-refractivity contribution is 9.10. The zero-order valence-electron chi connectivity index (χ0n) is 15.5. The molecule has 2 rings (SSSR count). The van der Waals surface area contributed by atoms with Crippen LogP contribution in [0, 0.1) is 6.92 Å². The maximum absolute atomic E-state index is 12.2. The van der Waals surface area contributed by atoms with E-state index in [1.54, 1.807) is 11.0 Å². The SMILES string of the molecule is COC(=O)c1cc(Br)c(C)c(Cl)c1O[C@H]1CCN(C(=O)OC(C)(C)C)C1. The van der Waals surface area contributed by atoms with Crippen molar-refractivity contribution in [1.82, 2.24) is 4.90 Å². The molecule has 0 spiro atoms. The van der Waals surface area contributed by atoms with Crippen LogP contribution in [0.15, 0.2) is 10.5 Å². The molecule has 1 aromatic rings. The van der Waals surface area contributed by atoms with Crippen molar-refractivity contribution in [3.63, 3.8) is 0 Å². The van der Waals surface area contributed by atoms with Gasteiger partial charge in [0, 0.05) is 17.4 Å². The Balaban J connectivity index is 2.18. The molecule has 0 radical (unpaired) electrons. The van der Waals surface area contributed by atoms with Crippen molar-refractivity contribution in [2.75, 3.05) is 20.2 Å². The number of benzene rings is 1. The smallest absolute Gasteiger partial charge is 0.410 e. The third-order valence-corrected chi connectivity index (χ3v) is 5.17. The molecule has 0 bridgehead atoms. The number of carbonyl (C=O) groups is 2. The zero-order valence-corrected chi connectivity index (χ0v) is 17.9. The van der Waals surface area contributed by atoms with Crippen molar-refractivity contribution in [1.29, 1.82) is 0 Å². The number of methoxy groups -OCH3 is 1. The van der Waals surface area contributed by atoms with Gasteiger partial charge in [-0.3, -0.25) is 0 Å². The molecule has 8 heteroatoms. The van der Waals surface area contributed by atoms with Crippen LogP contribution in [0.3, 0.4) is 0 Å². The van der Waals surface area contributed by atoms with E-state index in [-0.39, 0.29) is 23.5 Å². The van der Waals surface area contributed by atoms with Crippen LogP contribution in [0.25, 0.3) is 0 Å². The maximum atomic E-state index is 12.2. The van der Waals surface area contributed by atoms with Gasteiger partial charge in [0.1, 0.15) is 17.3 Å². The van der Waals surface area contributed by atoms with E-state index in [9.17, 15) is 9.59 Å². The van der Waals surface area contributed by atoms with Gasteiger partial charge in [0.15, 0.2) is 5.75 Å². The molecule has 1 aromatic carbocycles. The van der Waals surface area contributed by atoms with E-state index >= 15 is 0 Å². The summed E-state index contributed by atoms with van der Waals surface area (Å²) in [4.78, 5) is 25.9. The summed E-state index contributed by atoms with van der Waals surface area (Å²) in [5.41, 5.74) is 0.447. The second kappa shape index (κ2) is 8.05. The predicted molar refractivity (Wildman–Crippen MR) is 102 cm³/mol. The van der Waals surface area contributed by atoms with E-state index in [2.05, 4.69) is 15.9 Å². The van der Waals surface area contributed by atoms with Gasteiger partial charge in [-0.2, -0.15) is 0 Å². The average molecular weight is 449 g/mol. The van der Waals surface area contributed by atoms with Crippen LogP contribution in [-0.2, 0) is 9.47 Å². The molecule has 0 saturated carbocycles. The molecular formula is C18H23BrClNO5. The second-order valence-electron chi connectivity index (χ2n) is 7.12. The highest BCUT2D eigenvalue weighted by atomic mass is 79.9. The van der Waals surface area contributed by atoms with E-state index < -0.39 is 11.6 Å². The van der Waals surface area contributed by atoms with Crippen LogP contribution in [0.5, 0.6) is 5.75 Å². The summed E-state index contributed by atoms with van der Waals surface area (Å²) in [5, 5.41) is 0.343. The third-order valence-electron chi connectivity index (χ3n) is 3.89. The number of likely N-dealkylation sites (tertiary alicyclic amines) is 1. The van der Waals surface area contributed by atoms with Crippen molar-refractivity contribution in [2.24, 2.45) is 0 Å². The maximum Gasteiger partial charge on any atom is 0.410 e. The Hall–Kier alpha value is -1.47. The van der Waals surface area contributed by atoms with Gasteiger partial charge in [0.2, 0.25) is 0 Å². The summed E-state index contributed by atoms with van der Waals surface area (Å²) in [6.07, 6.45) is -0.0513. The van der Waals surface area contributed by atoms with Gasteiger partial charge in [0.05, 0.1) is 18.7 Å². The van der Waals surface area contributed by atoms with Gasteiger partial charge in [-0.15, -0.1) is 0 Å². The molecule has 144 valence electrons. The lowest BCUT2D eigenvalue weighted by Crippen LogP contribution is -2.36. The van der Waals surface area contributed by atoms with Crippen molar-refractivity contribution < 1.29 is 23.8 Å². The highest BCUT2D eigenvalue weighted by Gasteiger charge is 2.32. The minimum Gasteiger partial charge on any atom is -0.486 e. The molecule has 1 aliphatic rings. The standard InChI is InChI=1S/C18H23BrClNO5/c1-10-13(19)8-12(16(22)24-5)15(14(10)20)25-11-6-7-21(9-11)17(23)26-18(2,3)4/h8,11H,6-7,9H2,1-5H3/t11-/m0/s1. The van der Waals surface area contributed by atoms with Crippen molar-refractivity contribution in [3.8, 4) is 5.75 Å². The molecule has 1 atom stereocenters. The minimum atomic E-state index is -0.555. The predicted octanol–water partition coefficient (Wildman–Crippen LogP) is 4.59. The fraction of sp³-hybridized carbons (Fsp3) is 0.556. The lowest BCUT2D eigenvalue weighted by molar-refractivity contribution is 0.0274. The van der Waals surface area contributed by atoms with E-state index in [0.717, 1.165) is 5.56 Å². The lowest BCUT2D eigenvalue weighted by Gasteiger charge is -2.24. The Morgan fingerprint density at radius 3 is 2.58 bits per heavy atom. The molecule has 26 heavy (non-hydrogen) atoms. The first-order chi connectivity index (χ1) is 12.0. The first kappa shape index (κ1) is 20.8. The fourth-order valence-electron chi connectivity index (χ4n) is 2.55. The third kappa shape index (κ3) is 4.82. The Morgan fingerprint density at radius 2 is 2.00 bits per heavy atom. The van der Waals surface area contributed by atoms with Gasteiger partial charge < -0.3 is 19.1 Å². The summed E-state index contributed by atoms with van der Waals surface area (Å²) in [5.74, 6) is -0.264. The number of hydrogen-bond acceptors (Lipinski definition) is 5. The summed E-state index contributed by atoms with van der Waals surface area (Å²) >= 11 is 9.78. The molecule has 0 N–H and O–H groups in total. The Bertz CT molecular complexity index is 717. The summed E-state index contributed by atoms with van der Waals surface area (Å²) < 4.78 is 16.9. The highest BCUT2D eigenvalue weighted by Crippen LogP contribution is 2.38. The second-order valence-corrected chi connectivity index (χ2v) is 8.35. The van der Waals surface area contributed by atoms with Crippen LogP contribution < -0.4 is 4.74 Å². The van der Waals surface area contributed by atoms with Gasteiger partial charge in [0.25, 0.3) is 0 Å². The largest absolute Gasteiger partial charge is 0.486 e. The first-order valence-electron chi connectivity index (χ1n) is 8.25. The summed E-state index contributed by atoms with van der Waals surface area (Å²) in [7, 11) is 1.30. The number of nitrogens with zero attached hydrogens (tertiary/aromatic N) is 1. The van der Waals surface area contributed by atoms with Crippen LogP contribution in [0.1, 0.15) is 43.1 Å². The quantitative estimate of drug-likeness (QED) is 0.633. The number of carbonyl (C=O) groups excluding carboxylic acids is 2. The van der Waals surface area contributed by atoms with Gasteiger partial charge in [-0.05, 0) is 39.3 Å². The van der Waals surface area contributed by atoms with E-state index in [0.29, 0.717) is 29.0 Å². The molecular weight excluding hydrogens is 426 g/mol. The van der Waals surface area contributed by atoms with Gasteiger partial charge in [-0.1, -0.05) is 27.5 Å². The number of esters is 1. The van der Waals surface area contributed by atoms with E-state index in [1.807, 2.05) is 27.7 Å². The fourth-order valence-corrected chi connectivity index (χ4v) is 3.34. The molecule has 0 unspecified atom stereocenters. The van der Waals surface area contributed by atoms with Crippen LogP contribution in [-0.4, -0.2) is 48.9 Å². The topological polar surface area (TPSA) is 65.1 Å². The minimum absolute atomic E-state index is 0.241. The van der Waals surface area contributed by atoms with Crippen molar-refractivity contribution >= 4 is 39.6 Å². The number of hydrogen-bond donors (Lipinski definition) is 0. The number of amides is 1. The normalized spacial score (nSPS) is 17.2. The van der Waals surface area contributed by atoms with Gasteiger partial charge >= 0.3 is 12.1 Å². The molecule has 1 heterocycles. The molecule has 1 fully saturated rings. The Kier molecular flexibility index (Phi) is 6.45. The van der Waals surface area contributed by atoms with E-state index in [1.165, 1.54) is 7.11 Å². The summed E-state index contributed by atoms with van der Waals surface area (Å²) in [6, 6.07) is 1.63. The monoisotopic (exact) mass is 447 g/mol. The van der Waals surface area contributed by atoms with Crippen LogP contribution in [0.2, 0.25) is 5.02 Å². The lowest BCUT2D eigenvalue weighted by atomic mass is 10.1. The number of halogens is 2. The number of ether oxygens (including phenoxy) is 3. The molecule has 6 nitrogen and oxygen atoms in total. The van der Waals surface area contributed by atoms with Crippen molar-refractivity contribution in [3.05, 3.63) is 26.7 Å².